The third-order valence-electron chi connectivity index (χ3n) is 1.62. The van der Waals surface area contributed by atoms with Gasteiger partial charge in [-0.3, -0.25) is 5.41 Å². The van der Waals surface area contributed by atoms with Crippen LogP contribution in [0.2, 0.25) is 0 Å². The Hall–Kier alpha value is -0.660. The molecular weight excluding hydrogens is 206 g/mol. The Morgan fingerprint density at radius 1 is 1.57 bits per heavy atom. The quantitative estimate of drug-likeness (QED) is 0.336. The topological polar surface area (TPSA) is 96.5 Å². The molecule has 0 saturated carbocycles. The van der Waals surface area contributed by atoms with E-state index >= 15 is 0 Å². The summed E-state index contributed by atoms with van der Waals surface area (Å²) in [5, 5.41) is 6.96. The van der Waals surface area contributed by atoms with E-state index in [1.807, 2.05) is 0 Å². The Labute approximate surface area is 84.6 Å². The smallest absolute Gasteiger partial charge is 0.214 e. The second kappa shape index (κ2) is 5.94. The SMILES string of the molecule is COCCCS(=O)(=O)N(C)CC(=N)N. The summed E-state index contributed by atoms with van der Waals surface area (Å²) in [6.45, 7) is 0.350. The Morgan fingerprint density at radius 3 is 2.57 bits per heavy atom. The molecule has 0 spiro atoms. The zero-order valence-corrected chi connectivity index (χ0v) is 9.30. The molecule has 0 aliphatic rings. The third kappa shape index (κ3) is 5.15. The van der Waals surface area contributed by atoms with Crippen LogP contribution in [0.15, 0.2) is 0 Å². The first kappa shape index (κ1) is 13.3. The van der Waals surface area contributed by atoms with Crippen LogP contribution < -0.4 is 5.73 Å². The van der Waals surface area contributed by atoms with Gasteiger partial charge in [0, 0.05) is 20.8 Å². The van der Waals surface area contributed by atoms with E-state index in [9.17, 15) is 8.42 Å². The van der Waals surface area contributed by atoms with Gasteiger partial charge < -0.3 is 10.5 Å². The summed E-state index contributed by atoms with van der Waals surface area (Å²) in [5.41, 5.74) is 5.10. The number of rotatable bonds is 7. The molecule has 0 aliphatic carbocycles. The van der Waals surface area contributed by atoms with E-state index in [0.29, 0.717) is 13.0 Å². The number of likely N-dealkylation sites (N-methyl/N-ethyl adjacent to an activating group) is 1. The van der Waals surface area contributed by atoms with Gasteiger partial charge in [0.15, 0.2) is 0 Å². The van der Waals surface area contributed by atoms with E-state index in [4.69, 9.17) is 15.9 Å². The lowest BCUT2D eigenvalue weighted by atomic mass is 10.5. The zero-order valence-electron chi connectivity index (χ0n) is 8.49. The van der Waals surface area contributed by atoms with Gasteiger partial charge in [0.1, 0.15) is 5.84 Å². The average Bonchev–Trinajstić information content (AvgIpc) is 2.03. The average molecular weight is 223 g/mol. The highest BCUT2D eigenvalue weighted by Crippen LogP contribution is 1.99. The van der Waals surface area contributed by atoms with E-state index < -0.39 is 10.0 Å². The van der Waals surface area contributed by atoms with Crippen LogP contribution in [0.5, 0.6) is 0 Å². The minimum absolute atomic E-state index is 0.0185. The van der Waals surface area contributed by atoms with Gasteiger partial charge in [0.2, 0.25) is 10.0 Å². The number of hydrogen-bond acceptors (Lipinski definition) is 4. The molecule has 0 heterocycles. The van der Waals surface area contributed by atoms with Gasteiger partial charge in [-0.15, -0.1) is 0 Å². The van der Waals surface area contributed by atoms with Crippen molar-refractivity contribution < 1.29 is 13.2 Å². The van der Waals surface area contributed by atoms with Crippen LogP contribution in [-0.2, 0) is 14.8 Å². The molecule has 7 heteroatoms. The minimum Gasteiger partial charge on any atom is -0.387 e. The molecule has 6 nitrogen and oxygen atoms in total. The Balaban J connectivity index is 4.10. The first-order valence-electron chi connectivity index (χ1n) is 4.16. The Kier molecular flexibility index (Phi) is 5.66. The molecule has 0 unspecified atom stereocenters. The monoisotopic (exact) mass is 223 g/mol. The highest BCUT2D eigenvalue weighted by atomic mass is 32.2. The van der Waals surface area contributed by atoms with E-state index in [1.54, 1.807) is 0 Å². The van der Waals surface area contributed by atoms with Crippen molar-refractivity contribution in [3.8, 4) is 0 Å². The summed E-state index contributed by atoms with van der Waals surface area (Å²) in [6.07, 6.45) is 0.446. The lowest BCUT2D eigenvalue weighted by Crippen LogP contribution is -2.36. The molecule has 0 aromatic heterocycles. The molecule has 0 fully saturated rings. The lowest BCUT2D eigenvalue weighted by Gasteiger charge is -2.15. The van der Waals surface area contributed by atoms with Gasteiger partial charge in [-0.25, -0.2) is 8.42 Å². The fourth-order valence-electron chi connectivity index (χ4n) is 0.880. The number of sulfonamides is 1. The molecule has 0 aromatic carbocycles. The second-order valence-electron chi connectivity index (χ2n) is 2.94. The van der Waals surface area contributed by atoms with Crippen LogP contribution in [0.25, 0.3) is 0 Å². The number of methoxy groups -OCH3 is 1. The highest BCUT2D eigenvalue weighted by molar-refractivity contribution is 7.89. The van der Waals surface area contributed by atoms with Crippen LogP contribution in [0.1, 0.15) is 6.42 Å². The maximum atomic E-state index is 11.5. The van der Waals surface area contributed by atoms with Gasteiger partial charge in [-0.2, -0.15) is 4.31 Å². The molecule has 3 N–H and O–H groups in total. The van der Waals surface area contributed by atoms with Crippen LogP contribution >= 0.6 is 0 Å². The summed E-state index contributed by atoms with van der Waals surface area (Å²) in [4.78, 5) is 0. The number of nitrogens with one attached hydrogen (secondary N) is 1. The van der Waals surface area contributed by atoms with Gasteiger partial charge in [0.25, 0.3) is 0 Å². The number of nitrogens with zero attached hydrogens (tertiary/aromatic N) is 1. The van der Waals surface area contributed by atoms with Crippen molar-refractivity contribution in [2.45, 2.75) is 6.42 Å². The molecule has 0 radical (unpaired) electrons. The Morgan fingerprint density at radius 2 is 2.14 bits per heavy atom. The van der Waals surface area contributed by atoms with Crippen molar-refractivity contribution in [2.24, 2.45) is 5.73 Å². The predicted octanol–water partition coefficient (Wildman–Crippen LogP) is -0.780. The number of nitrogens with two attached hydrogens (primary N) is 1. The molecule has 0 saturated heterocycles. The summed E-state index contributed by atoms with van der Waals surface area (Å²) >= 11 is 0. The van der Waals surface area contributed by atoms with Crippen molar-refractivity contribution in [1.29, 1.82) is 5.41 Å². The van der Waals surface area contributed by atoms with Crippen LogP contribution in [0, 0.1) is 5.41 Å². The van der Waals surface area contributed by atoms with Crippen LogP contribution in [0.3, 0.4) is 0 Å². The van der Waals surface area contributed by atoms with Gasteiger partial charge >= 0.3 is 0 Å². The van der Waals surface area contributed by atoms with Crippen molar-refractivity contribution in [2.75, 3.05) is 33.1 Å². The normalized spacial score (nSPS) is 11.9. The molecule has 0 aromatic rings. The molecule has 84 valence electrons. The number of amidine groups is 1. The predicted molar refractivity (Wildman–Crippen MR) is 54.8 cm³/mol. The number of hydrogen-bond donors (Lipinski definition) is 2. The number of ether oxygens (including phenoxy) is 1. The molecule has 0 amide bonds. The van der Waals surface area contributed by atoms with Crippen LogP contribution in [-0.4, -0.2) is 51.6 Å². The van der Waals surface area contributed by atoms with Crippen molar-refractivity contribution >= 4 is 15.9 Å². The molecular formula is C7H17N3O3S. The lowest BCUT2D eigenvalue weighted by molar-refractivity contribution is 0.199. The summed E-state index contributed by atoms with van der Waals surface area (Å²) in [7, 11) is -0.369. The van der Waals surface area contributed by atoms with Crippen molar-refractivity contribution in [1.82, 2.24) is 4.31 Å². The van der Waals surface area contributed by atoms with Crippen molar-refractivity contribution in [3.63, 3.8) is 0 Å². The largest absolute Gasteiger partial charge is 0.387 e. The Bertz CT molecular complexity index is 276. The zero-order chi connectivity index (χ0) is 11.2. The maximum Gasteiger partial charge on any atom is 0.214 e. The summed E-state index contributed by atoms with van der Waals surface area (Å²) in [5.74, 6) is -0.146. The maximum absolute atomic E-state index is 11.5. The van der Waals surface area contributed by atoms with E-state index in [1.165, 1.54) is 14.2 Å². The van der Waals surface area contributed by atoms with Crippen molar-refractivity contribution in [3.05, 3.63) is 0 Å². The molecule has 14 heavy (non-hydrogen) atoms. The second-order valence-corrected chi connectivity index (χ2v) is 5.14. The van der Waals surface area contributed by atoms with Gasteiger partial charge in [-0.1, -0.05) is 0 Å². The van der Waals surface area contributed by atoms with E-state index in [0.717, 1.165) is 4.31 Å². The molecule has 0 rings (SSSR count). The van der Waals surface area contributed by atoms with E-state index in [-0.39, 0.29) is 18.1 Å². The molecule has 0 bridgehead atoms. The summed E-state index contributed by atoms with van der Waals surface area (Å²) in [6, 6.07) is 0. The fraction of sp³-hybridized carbons (Fsp3) is 0.857. The van der Waals surface area contributed by atoms with Gasteiger partial charge in [-0.05, 0) is 6.42 Å². The minimum atomic E-state index is -3.30. The molecule has 0 atom stereocenters. The standard InChI is InChI=1S/C7H17N3O3S/c1-10(6-7(8)9)14(11,12)5-3-4-13-2/h3-6H2,1-2H3,(H3,8,9). The molecule has 0 aliphatic heterocycles. The van der Waals surface area contributed by atoms with E-state index in [2.05, 4.69) is 0 Å². The fourth-order valence-corrected chi connectivity index (χ4v) is 2.01. The highest BCUT2D eigenvalue weighted by Gasteiger charge is 2.17. The third-order valence-corrected chi connectivity index (χ3v) is 3.50. The first-order valence-corrected chi connectivity index (χ1v) is 5.77. The summed E-state index contributed by atoms with van der Waals surface area (Å²) < 4.78 is 28.7. The van der Waals surface area contributed by atoms with Gasteiger partial charge in [0.05, 0.1) is 12.3 Å². The first-order chi connectivity index (χ1) is 6.40. The van der Waals surface area contributed by atoms with Crippen LogP contribution in [0.4, 0.5) is 0 Å².